The third kappa shape index (κ3) is 2.42. The smallest absolute Gasteiger partial charge is 0.162 e. The number of halogens is 2. The van der Waals surface area contributed by atoms with Crippen molar-refractivity contribution >= 4 is 16.7 Å². The lowest BCUT2D eigenvalue weighted by Gasteiger charge is -2.09. The van der Waals surface area contributed by atoms with E-state index in [1.165, 1.54) is 18.2 Å². The minimum atomic E-state index is -0.350. The Labute approximate surface area is 120 Å². The van der Waals surface area contributed by atoms with Crippen molar-refractivity contribution in [2.45, 2.75) is 6.92 Å². The minimum Gasteiger partial charge on any atom is -0.373 e. The minimum absolute atomic E-state index is 0.304. The van der Waals surface area contributed by atoms with Gasteiger partial charge in [-0.1, -0.05) is 12.1 Å². The van der Waals surface area contributed by atoms with Crippen molar-refractivity contribution in [2.24, 2.45) is 0 Å². The van der Waals surface area contributed by atoms with E-state index in [4.69, 9.17) is 0 Å². The Bertz CT molecular complexity index is 831. The van der Waals surface area contributed by atoms with E-state index in [0.29, 0.717) is 33.7 Å². The normalized spacial score (nSPS) is 10.9. The first kappa shape index (κ1) is 13.4. The van der Waals surface area contributed by atoms with Gasteiger partial charge in [-0.3, -0.25) is 0 Å². The fourth-order valence-corrected chi connectivity index (χ4v) is 2.15. The lowest BCUT2D eigenvalue weighted by atomic mass is 10.1. The van der Waals surface area contributed by atoms with Gasteiger partial charge < -0.3 is 5.32 Å². The summed E-state index contributed by atoms with van der Waals surface area (Å²) in [5.74, 6) is 0.255. The maximum absolute atomic E-state index is 13.7. The molecule has 0 spiro atoms. The van der Waals surface area contributed by atoms with Gasteiger partial charge in [0.05, 0.1) is 5.52 Å². The highest BCUT2D eigenvalue weighted by molar-refractivity contribution is 5.90. The molecule has 21 heavy (non-hydrogen) atoms. The summed E-state index contributed by atoms with van der Waals surface area (Å²) in [5.41, 5.74) is 1.75. The van der Waals surface area contributed by atoms with Crippen LogP contribution in [0.5, 0.6) is 0 Å². The van der Waals surface area contributed by atoms with Crippen molar-refractivity contribution in [2.75, 3.05) is 12.4 Å². The molecule has 0 saturated carbocycles. The summed E-state index contributed by atoms with van der Waals surface area (Å²) in [5, 5.41) is 3.51. The summed E-state index contributed by atoms with van der Waals surface area (Å²) >= 11 is 0. The average molecular weight is 285 g/mol. The Balaban J connectivity index is 2.23. The van der Waals surface area contributed by atoms with Gasteiger partial charge in [-0.2, -0.15) is 0 Å². The maximum atomic E-state index is 13.7. The van der Waals surface area contributed by atoms with Crippen molar-refractivity contribution in [3.05, 3.63) is 53.6 Å². The van der Waals surface area contributed by atoms with E-state index in [0.717, 1.165) is 0 Å². The van der Waals surface area contributed by atoms with Crippen molar-refractivity contribution in [3.63, 3.8) is 0 Å². The predicted octanol–water partition coefficient (Wildman–Crippen LogP) is 3.93. The lowest BCUT2D eigenvalue weighted by Crippen LogP contribution is -1.99. The topological polar surface area (TPSA) is 37.8 Å². The molecule has 0 aliphatic heterocycles. The zero-order chi connectivity index (χ0) is 15.0. The molecule has 0 unspecified atom stereocenters. The van der Waals surface area contributed by atoms with E-state index in [2.05, 4.69) is 15.3 Å². The van der Waals surface area contributed by atoms with Crippen LogP contribution in [-0.2, 0) is 0 Å². The molecule has 0 fully saturated rings. The van der Waals surface area contributed by atoms with Crippen molar-refractivity contribution < 1.29 is 8.78 Å². The number of benzene rings is 2. The Kier molecular flexibility index (Phi) is 3.25. The second-order valence-electron chi connectivity index (χ2n) is 4.77. The van der Waals surface area contributed by atoms with Gasteiger partial charge in [0, 0.05) is 18.0 Å². The Hall–Kier alpha value is -2.56. The molecule has 0 amide bonds. The summed E-state index contributed by atoms with van der Waals surface area (Å²) < 4.78 is 27.0. The number of hydrogen-bond donors (Lipinski definition) is 1. The molecule has 0 bridgehead atoms. The Morgan fingerprint density at radius 1 is 1.00 bits per heavy atom. The second kappa shape index (κ2) is 5.09. The number of nitrogens with zero attached hydrogens (tertiary/aromatic N) is 2. The molecule has 1 heterocycles. The molecule has 1 aromatic heterocycles. The van der Waals surface area contributed by atoms with Crippen LogP contribution in [-0.4, -0.2) is 17.0 Å². The van der Waals surface area contributed by atoms with Crippen LogP contribution in [0.25, 0.3) is 22.3 Å². The van der Waals surface area contributed by atoms with Crippen LogP contribution < -0.4 is 5.32 Å². The molecule has 106 valence electrons. The molecule has 0 aliphatic carbocycles. The highest BCUT2D eigenvalue weighted by Gasteiger charge is 2.10. The number of aryl methyl sites for hydroxylation is 1. The zero-order valence-corrected chi connectivity index (χ0v) is 11.6. The summed E-state index contributed by atoms with van der Waals surface area (Å²) in [7, 11) is 1.70. The Morgan fingerprint density at radius 3 is 2.52 bits per heavy atom. The van der Waals surface area contributed by atoms with Crippen LogP contribution in [0.3, 0.4) is 0 Å². The van der Waals surface area contributed by atoms with E-state index in [-0.39, 0.29) is 11.6 Å². The van der Waals surface area contributed by atoms with Crippen LogP contribution in [0, 0.1) is 18.6 Å². The fourth-order valence-electron chi connectivity index (χ4n) is 2.15. The van der Waals surface area contributed by atoms with E-state index < -0.39 is 0 Å². The molecule has 0 saturated heterocycles. The molecular weight excluding hydrogens is 272 g/mol. The second-order valence-corrected chi connectivity index (χ2v) is 4.77. The lowest BCUT2D eigenvalue weighted by molar-refractivity contribution is 0.619. The largest absolute Gasteiger partial charge is 0.373 e. The van der Waals surface area contributed by atoms with Gasteiger partial charge in [0.15, 0.2) is 5.82 Å². The van der Waals surface area contributed by atoms with E-state index in [1.54, 1.807) is 32.2 Å². The molecule has 3 rings (SSSR count). The molecule has 5 heteroatoms. The molecular formula is C16H13F2N3. The van der Waals surface area contributed by atoms with E-state index in [9.17, 15) is 8.78 Å². The highest BCUT2D eigenvalue weighted by Crippen LogP contribution is 2.26. The number of hydrogen-bond acceptors (Lipinski definition) is 3. The first-order valence-corrected chi connectivity index (χ1v) is 6.50. The number of rotatable bonds is 2. The fraction of sp³-hybridized carbons (Fsp3) is 0.125. The molecule has 2 aromatic carbocycles. The number of aromatic nitrogens is 2. The van der Waals surface area contributed by atoms with Gasteiger partial charge in [-0.25, -0.2) is 18.7 Å². The van der Waals surface area contributed by atoms with Gasteiger partial charge in [0.25, 0.3) is 0 Å². The summed E-state index contributed by atoms with van der Waals surface area (Å²) in [6, 6.07) is 9.15. The quantitative estimate of drug-likeness (QED) is 0.775. The van der Waals surface area contributed by atoms with Gasteiger partial charge in [0.2, 0.25) is 0 Å². The molecule has 3 nitrogen and oxygen atoms in total. The van der Waals surface area contributed by atoms with E-state index in [1.807, 2.05) is 0 Å². The number of nitrogens with one attached hydrogen (secondary N) is 1. The highest BCUT2D eigenvalue weighted by atomic mass is 19.1. The molecule has 0 radical (unpaired) electrons. The maximum Gasteiger partial charge on any atom is 0.162 e. The van der Waals surface area contributed by atoms with Crippen LogP contribution in [0.1, 0.15) is 5.56 Å². The average Bonchev–Trinajstić information content (AvgIpc) is 2.49. The van der Waals surface area contributed by atoms with Gasteiger partial charge in [0.1, 0.15) is 17.5 Å². The van der Waals surface area contributed by atoms with E-state index >= 15 is 0 Å². The SMILES string of the molecule is CNc1nc(-c2ccc(C)c(F)c2)nc2ccc(F)cc12. The molecule has 1 N–H and O–H groups in total. The predicted molar refractivity (Wildman–Crippen MR) is 79.2 cm³/mol. The number of fused-ring (bicyclic) bond motifs is 1. The van der Waals surface area contributed by atoms with Gasteiger partial charge in [-0.15, -0.1) is 0 Å². The van der Waals surface area contributed by atoms with Crippen molar-refractivity contribution in [1.29, 1.82) is 0 Å². The first-order valence-electron chi connectivity index (χ1n) is 6.50. The third-order valence-corrected chi connectivity index (χ3v) is 3.32. The van der Waals surface area contributed by atoms with Crippen LogP contribution in [0.4, 0.5) is 14.6 Å². The summed E-state index contributed by atoms with van der Waals surface area (Å²) in [6.07, 6.45) is 0. The zero-order valence-electron chi connectivity index (χ0n) is 11.6. The van der Waals surface area contributed by atoms with Crippen molar-refractivity contribution in [1.82, 2.24) is 9.97 Å². The summed E-state index contributed by atoms with van der Waals surface area (Å²) in [6.45, 7) is 1.70. The summed E-state index contributed by atoms with van der Waals surface area (Å²) in [4.78, 5) is 8.73. The number of anilines is 1. The molecule has 3 aromatic rings. The van der Waals surface area contributed by atoms with Crippen molar-refractivity contribution in [3.8, 4) is 11.4 Å². The van der Waals surface area contributed by atoms with Gasteiger partial charge in [-0.05, 0) is 36.8 Å². The van der Waals surface area contributed by atoms with Crippen LogP contribution in [0.2, 0.25) is 0 Å². The van der Waals surface area contributed by atoms with Crippen LogP contribution >= 0.6 is 0 Å². The molecule has 0 atom stereocenters. The standard InChI is InChI=1S/C16H13F2N3/c1-9-3-4-10(7-13(9)18)15-20-14-6-5-11(17)8-12(14)16(19-2)21-15/h3-8H,1-2H3,(H,19,20,21). The van der Waals surface area contributed by atoms with Gasteiger partial charge >= 0.3 is 0 Å². The Morgan fingerprint density at radius 2 is 1.81 bits per heavy atom. The molecule has 0 aliphatic rings. The first-order chi connectivity index (χ1) is 10.1. The van der Waals surface area contributed by atoms with Crippen LogP contribution in [0.15, 0.2) is 36.4 Å². The monoisotopic (exact) mass is 285 g/mol. The third-order valence-electron chi connectivity index (χ3n) is 3.32.